The molecule has 2 heterocycles. The third kappa shape index (κ3) is 9.36. The number of Topliss-reactive ketones (excluding diaryl/α,β-unsaturated/α-hetero) is 1. The molecule has 0 radical (unpaired) electrons. The molecular formula is C35H56O9. The predicted octanol–water partition coefficient (Wildman–Crippen LogP) is 4.90. The molecule has 0 unspecified atom stereocenters. The van der Waals surface area contributed by atoms with Crippen LogP contribution in [0.3, 0.4) is 0 Å². The molecule has 1 fully saturated rings. The Morgan fingerprint density at radius 1 is 1.05 bits per heavy atom. The number of ketones is 1. The molecule has 0 bridgehead atoms. The maximum Gasteiger partial charge on any atom is 0.373 e. The van der Waals surface area contributed by atoms with Crippen LogP contribution in [0.1, 0.15) is 75.2 Å². The lowest BCUT2D eigenvalue weighted by Crippen LogP contribution is -2.58. The minimum absolute atomic E-state index is 0.0111. The summed E-state index contributed by atoms with van der Waals surface area (Å²) in [7, 11) is 2.85. The number of hydrogen-bond donors (Lipinski definition) is 3. The van der Waals surface area contributed by atoms with Gasteiger partial charge in [-0.25, -0.2) is 4.79 Å². The summed E-state index contributed by atoms with van der Waals surface area (Å²) in [4.78, 5) is 26.4. The van der Waals surface area contributed by atoms with Crippen LogP contribution in [0.2, 0.25) is 0 Å². The van der Waals surface area contributed by atoms with Crippen LogP contribution in [-0.4, -0.2) is 77.6 Å². The third-order valence-corrected chi connectivity index (χ3v) is 9.30. The van der Waals surface area contributed by atoms with Gasteiger partial charge in [0, 0.05) is 30.8 Å². The van der Waals surface area contributed by atoms with E-state index in [0.29, 0.717) is 12.0 Å². The molecule has 9 heteroatoms. The van der Waals surface area contributed by atoms with Crippen LogP contribution in [0.15, 0.2) is 47.3 Å². The molecule has 44 heavy (non-hydrogen) atoms. The van der Waals surface area contributed by atoms with Crippen molar-refractivity contribution < 1.29 is 43.9 Å². The minimum atomic E-state index is -1.90. The Kier molecular flexibility index (Phi) is 14.0. The van der Waals surface area contributed by atoms with Crippen molar-refractivity contribution in [3.63, 3.8) is 0 Å². The first kappa shape index (κ1) is 37.9. The van der Waals surface area contributed by atoms with Crippen molar-refractivity contribution in [2.75, 3.05) is 14.2 Å². The lowest BCUT2D eigenvalue weighted by molar-refractivity contribution is -0.300. The number of carbonyl (C=O) groups is 2. The van der Waals surface area contributed by atoms with E-state index < -0.39 is 54.1 Å². The molecule has 0 aliphatic carbocycles. The second-order valence-corrected chi connectivity index (χ2v) is 13.4. The summed E-state index contributed by atoms with van der Waals surface area (Å²) in [5, 5.41) is 34.1. The van der Waals surface area contributed by atoms with Crippen LogP contribution in [0, 0.1) is 35.5 Å². The molecule has 2 aliphatic heterocycles. The monoisotopic (exact) mass is 620 g/mol. The first-order valence-corrected chi connectivity index (χ1v) is 15.8. The SMILES string of the molecule is CO/C1=C\C(C)=C\[C@@H](C)[C@@H](O)[C@@H](C)C/C(C)=C/C=C/[C@H](OC)[C@@H]([C@@H](C)[C@@H](O)[C@H](C)[C@@]2(O)CC(=O)[C@H](C)[C@@H](C(C)C)O2)OC1=O. The number of aliphatic hydroxyl groups is 3. The highest BCUT2D eigenvalue weighted by molar-refractivity contribution is 5.87. The number of allylic oxidation sites excluding steroid dienone is 5. The lowest BCUT2D eigenvalue weighted by atomic mass is 9.77. The molecule has 0 aromatic rings. The van der Waals surface area contributed by atoms with Crippen molar-refractivity contribution in [2.24, 2.45) is 35.5 Å². The van der Waals surface area contributed by atoms with Gasteiger partial charge in [0.2, 0.25) is 5.76 Å². The summed E-state index contributed by atoms with van der Waals surface area (Å²) in [6.07, 6.45) is 5.22. The van der Waals surface area contributed by atoms with Crippen LogP contribution in [0.25, 0.3) is 0 Å². The zero-order valence-electron chi connectivity index (χ0n) is 28.4. The number of hydrogen-bond acceptors (Lipinski definition) is 9. The fourth-order valence-corrected chi connectivity index (χ4v) is 6.36. The highest BCUT2D eigenvalue weighted by Crippen LogP contribution is 2.40. The Hall–Kier alpha value is -2.30. The molecule has 0 saturated carbocycles. The van der Waals surface area contributed by atoms with Gasteiger partial charge in [0.25, 0.3) is 0 Å². The van der Waals surface area contributed by atoms with Crippen molar-refractivity contribution in [1.29, 1.82) is 0 Å². The second-order valence-electron chi connectivity index (χ2n) is 13.4. The topological polar surface area (TPSA) is 132 Å². The molecule has 0 spiro atoms. The smallest absolute Gasteiger partial charge is 0.373 e. The molecule has 250 valence electrons. The fourth-order valence-electron chi connectivity index (χ4n) is 6.36. The number of methoxy groups -OCH3 is 2. The minimum Gasteiger partial charge on any atom is -0.490 e. The van der Waals surface area contributed by atoms with Gasteiger partial charge in [0.1, 0.15) is 18.0 Å². The van der Waals surface area contributed by atoms with Crippen LogP contribution >= 0.6 is 0 Å². The summed E-state index contributed by atoms with van der Waals surface area (Å²) >= 11 is 0. The van der Waals surface area contributed by atoms with Crippen LogP contribution in [0.5, 0.6) is 0 Å². The molecule has 2 rings (SSSR count). The largest absolute Gasteiger partial charge is 0.490 e. The summed E-state index contributed by atoms with van der Waals surface area (Å²) in [5.74, 6) is -5.10. The molecule has 0 aromatic carbocycles. The van der Waals surface area contributed by atoms with Crippen molar-refractivity contribution >= 4 is 11.8 Å². The first-order valence-electron chi connectivity index (χ1n) is 15.8. The molecule has 0 aromatic heterocycles. The van der Waals surface area contributed by atoms with Gasteiger partial charge in [0.05, 0.1) is 31.8 Å². The Labute approximate surface area is 264 Å². The number of cyclic esters (lactones) is 1. The van der Waals surface area contributed by atoms with Gasteiger partial charge in [-0.2, -0.15) is 0 Å². The van der Waals surface area contributed by atoms with E-state index in [2.05, 4.69) is 0 Å². The summed E-state index contributed by atoms with van der Waals surface area (Å²) in [6, 6.07) is 0. The number of aliphatic hydroxyl groups excluding tert-OH is 2. The van der Waals surface area contributed by atoms with Gasteiger partial charge in [-0.05, 0) is 38.2 Å². The molecule has 11 atom stereocenters. The summed E-state index contributed by atoms with van der Waals surface area (Å²) in [5.41, 5.74) is 1.77. The van der Waals surface area contributed by atoms with Gasteiger partial charge in [-0.15, -0.1) is 0 Å². The molecule has 0 amide bonds. The van der Waals surface area contributed by atoms with Crippen molar-refractivity contribution in [3.8, 4) is 0 Å². The Morgan fingerprint density at radius 2 is 1.68 bits per heavy atom. The molecule has 9 nitrogen and oxygen atoms in total. The number of ether oxygens (including phenoxy) is 4. The fraction of sp³-hybridized carbons (Fsp3) is 0.714. The van der Waals surface area contributed by atoms with E-state index in [1.807, 2.05) is 59.8 Å². The lowest BCUT2D eigenvalue weighted by Gasteiger charge is -2.47. The van der Waals surface area contributed by atoms with Gasteiger partial charge in [0.15, 0.2) is 5.79 Å². The van der Waals surface area contributed by atoms with Crippen molar-refractivity contribution in [2.45, 2.75) is 111 Å². The van der Waals surface area contributed by atoms with Crippen LogP contribution in [0.4, 0.5) is 0 Å². The van der Waals surface area contributed by atoms with E-state index in [1.165, 1.54) is 14.2 Å². The second kappa shape index (κ2) is 16.3. The predicted molar refractivity (Wildman–Crippen MR) is 169 cm³/mol. The molecule has 1 saturated heterocycles. The highest BCUT2D eigenvalue weighted by atomic mass is 16.6. The van der Waals surface area contributed by atoms with Crippen LogP contribution < -0.4 is 0 Å². The van der Waals surface area contributed by atoms with Gasteiger partial charge < -0.3 is 34.3 Å². The van der Waals surface area contributed by atoms with Crippen molar-refractivity contribution in [3.05, 3.63) is 47.3 Å². The zero-order valence-corrected chi connectivity index (χ0v) is 28.4. The zero-order chi connectivity index (χ0) is 33.5. The Bertz CT molecular complexity index is 1110. The molecule has 3 N–H and O–H groups in total. The van der Waals surface area contributed by atoms with Crippen molar-refractivity contribution in [1.82, 2.24) is 0 Å². The van der Waals surface area contributed by atoms with Gasteiger partial charge in [-0.1, -0.05) is 83.9 Å². The van der Waals surface area contributed by atoms with E-state index >= 15 is 0 Å². The quantitative estimate of drug-likeness (QED) is 0.340. The number of esters is 1. The average molecular weight is 621 g/mol. The summed E-state index contributed by atoms with van der Waals surface area (Å²) in [6.45, 7) is 16.7. The Morgan fingerprint density at radius 3 is 2.25 bits per heavy atom. The number of rotatable bonds is 7. The van der Waals surface area contributed by atoms with Crippen LogP contribution in [-0.2, 0) is 28.5 Å². The molecular weight excluding hydrogens is 564 g/mol. The van der Waals surface area contributed by atoms with E-state index in [-0.39, 0.29) is 41.6 Å². The number of carbonyl (C=O) groups excluding carboxylic acids is 2. The maximum absolute atomic E-state index is 13.5. The van der Waals surface area contributed by atoms with E-state index in [0.717, 1.165) is 5.57 Å². The first-order chi connectivity index (χ1) is 20.5. The highest BCUT2D eigenvalue weighted by Gasteiger charge is 2.51. The van der Waals surface area contributed by atoms with E-state index in [9.17, 15) is 24.9 Å². The normalized spacial score (nSPS) is 39.5. The maximum atomic E-state index is 13.5. The summed E-state index contributed by atoms with van der Waals surface area (Å²) < 4.78 is 23.3. The van der Waals surface area contributed by atoms with E-state index in [4.69, 9.17) is 18.9 Å². The van der Waals surface area contributed by atoms with Gasteiger partial charge >= 0.3 is 5.97 Å². The van der Waals surface area contributed by atoms with E-state index in [1.54, 1.807) is 32.9 Å². The van der Waals surface area contributed by atoms with Gasteiger partial charge in [-0.3, -0.25) is 4.79 Å². The standard InChI is InChI=1S/C35H56O9/c1-19(2)32-24(7)27(36)18-35(40,44-32)26(9)31(38)25(8)33-28(41-10)14-12-13-20(3)15-22(5)30(37)23(6)16-21(4)17-29(42-11)34(39)43-33/h12-14,16-17,19,22-26,28,30-33,37-38,40H,15,18H2,1-11H3/b14-12+,20-13+,21-16+,29-17-/t22-,23+,24-,25-,26-,28-,30-,31+,32+,33+,35+/m0/s1. The Balaban J connectivity index is 2.53. The average Bonchev–Trinajstić information content (AvgIpc) is 2.96. The third-order valence-electron chi connectivity index (χ3n) is 9.30. The molecule has 2 aliphatic rings.